The van der Waals surface area contributed by atoms with Crippen LogP contribution in [-0.4, -0.2) is 26.3 Å². The summed E-state index contributed by atoms with van der Waals surface area (Å²) in [4.78, 5) is 13.3. The highest BCUT2D eigenvalue weighted by Crippen LogP contribution is 2.16. The van der Waals surface area contributed by atoms with Crippen LogP contribution in [0.5, 0.6) is 0 Å². The fourth-order valence-electron chi connectivity index (χ4n) is 1.14. The molecule has 0 unspecified atom stereocenters. The highest BCUT2D eigenvalue weighted by atomic mass is 16.4. The lowest BCUT2D eigenvalue weighted by Crippen LogP contribution is -1.95. The van der Waals surface area contributed by atoms with Crippen molar-refractivity contribution in [2.75, 3.05) is 0 Å². The number of aromatic nitrogens is 3. The van der Waals surface area contributed by atoms with Crippen molar-refractivity contribution in [3.63, 3.8) is 0 Å². The first-order valence-electron chi connectivity index (χ1n) is 3.97. The second-order valence-electron chi connectivity index (χ2n) is 2.72. The maximum absolute atomic E-state index is 10.6. The van der Waals surface area contributed by atoms with Gasteiger partial charge in [-0.3, -0.25) is 0 Å². The average Bonchev–Trinajstić information content (AvgIpc) is 2.68. The van der Waals surface area contributed by atoms with E-state index in [0.29, 0.717) is 0 Å². The molecule has 2 heterocycles. The van der Waals surface area contributed by atoms with E-state index < -0.39 is 5.97 Å². The minimum atomic E-state index is -0.974. The largest absolute Gasteiger partial charge is 0.477 e. The Kier molecular flexibility index (Phi) is 1.98. The van der Waals surface area contributed by atoms with Crippen LogP contribution in [0.15, 0.2) is 30.6 Å². The van der Waals surface area contributed by atoms with Crippen molar-refractivity contribution in [1.82, 2.24) is 15.2 Å². The molecule has 0 radical (unpaired) electrons. The maximum atomic E-state index is 10.6. The monoisotopic (exact) mass is 189 g/mol. The van der Waals surface area contributed by atoms with Gasteiger partial charge in [0.2, 0.25) is 0 Å². The number of aromatic carboxylic acids is 1. The van der Waals surface area contributed by atoms with Crippen LogP contribution in [0.1, 0.15) is 10.5 Å². The topological polar surface area (TPSA) is 78.9 Å². The van der Waals surface area contributed by atoms with Gasteiger partial charge in [0.15, 0.2) is 0 Å². The highest BCUT2D eigenvalue weighted by molar-refractivity contribution is 5.86. The predicted molar refractivity (Wildman–Crippen MR) is 48.8 cm³/mol. The number of carboxylic acid groups (broad SMARTS) is 1. The fraction of sp³-hybridized carbons (Fsp3) is 0. The number of hydrogen-bond donors (Lipinski definition) is 2. The van der Waals surface area contributed by atoms with Gasteiger partial charge in [0, 0.05) is 11.3 Å². The van der Waals surface area contributed by atoms with Gasteiger partial charge in [0.05, 0.1) is 12.4 Å². The van der Waals surface area contributed by atoms with Gasteiger partial charge >= 0.3 is 5.97 Å². The van der Waals surface area contributed by atoms with E-state index in [1.807, 2.05) is 0 Å². The molecule has 2 N–H and O–H groups in total. The van der Waals surface area contributed by atoms with Crippen LogP contribution >= 0.6 is 0 Å². The molecule has 0 atom stereocenters. The first kappa shape index (κ1) is 8.43. The van der Waals surface area contributed by atoms with Crippen molar-refractivity contribution >= 4 is 5.97 Å². The Morgan fingerprint density at radius 1 is 1.29 bits per heavy atom. The zero-order valence-corrected chi connectivity index (χ0v) is 7.14. The zero-order chi connectivity index (χ0) is 9.97. The minimum Gasteiger partial charge on any atom is -0.477 e. The first-order chi connectivity index (χ1) is 6.77. The third-order valence-electron chi connectivity index (χ3n) is 1.81. The molecule has 0 aliphatic heterocycles. The van der Waals surface area contributed by atoms with Crippen molar-refractivity contribution in [3.8, 4) is 11.3 Å². The molecule has 2 aromatic heterocycles. The number of aromatic amines is 1. The van der Waals surface area contributed by atoms with Crippen LogP contribution in [0, 0.1) is 0 Å². The Labute approximate surface area is 79.4 Å². The van der Waals surface area contributed by atoms with E-state index >= 15 is 0 Å². The minimum absolute atomic E-state index is 0.164. The van der Waals surface area contributed by atoms with E-state index in [1.165, 1.54) is 6.07 Å². The van der Waals surface area contributed by atoms with Crippen LogP contribution in [0.25, 0.3) is 11.3 Å². The summed E-state index contributed by atoms with van der Waals surface area (Å²) in [5.74, 6) is -0.974. The number of nitrogens with one attached hydrogen (secondary N) is 1. The summed E-state index contributed by atoms with van der Waals surface area (Å²) in [6.45, 7) is 0. The number of H-pyrrole nitrogens is 1. The second-order valence-corrected chi connectivity index (χ2v) is 2.72. The average molecular weight is 189 g/mol. The third-order valence-corrected chi connectivity index (χ3v) is 1.81. The molecular weight excluding hydrogens is 182 g/mol. The summed E-state index contributed by atoms with van der Waals surface area (Å²) in [5, 5.41) is 16.0. The van der Waals surface area contributed by atoms with E-state index in [0.717, 1.165) is 11.3 Å². The van der Waals surface area contributed by atoms with Gasteiger partial charge in [0.1, 0.15) is 5.69 Å². The van der Waals surface area contributed by atoms with Gasteiger partial charge in [-0.25, -0.2) is 4.79 Å². The Morgan fingerprint density at radius 2 is 2.14 bits per heavy atom. The van der Waals surface area contributed by atoms with Crippen molar-refractivity contribution in [2.24, 2.45) is 0 Å². The van der Waals surface area contributed by atoms with Crippen LogP contribution in [0.4, 0.5) is 0 Å². The third kappa shape index (κ3) is 1.47. The number of carbonyl (C=O) groups is 1. The maximum Gasteiger partial charge on any atom is 0.352 e. The molecule has 0 fully saturated rings. The van der Waals surface area contributed by atoms with Crippen molar-refractivity contribution in [3.05, 3.63) is 36.3 Å². The van der Waals surface area contributed by atoms with E-state index in [-0.39, 0.29) is 5.69 Å². The zero-order valence-electron chi connectivity index (χ0n) is 7.14. The number of carboxylic acids is 1. The SMILES string of the molecule is O=C(O)c1ccc(-c2ccnnc2)[nH]1. The van der Waals surface area contributed by atoms with Crippen LogP contribution < -0.4 is 0 Å². The summed E-state index contributed by atoms with van der Waals surface area (Å²) >= 11 is 0. The Morgan fingerprint density at radius 3 is 2.71 bits per heavy atom. The van der Waals surface area contributed by atoms with Crippen LogP contribution in [0.2, 0.25) is 0 Å². The second kappa shape index (κ2) is 3.29. The summed E-state index contributed by atoms with van der Waals surface area (Å²) in [6, 6.07) is 4.96. The van der Waals surface area contributed by atoms with Gasteiger partial charge in [-0.05, 0) is 18.2 Å². The molecule has 0 aliphatic carbocycles. The number of nitrogens with zero attached hydrogens (tertiary/aromatic N) is 2. The quantitative estimate of drug-likeness (QED) is 0.743. The van der Waals surface area contributed by atoms with E-state index in [4.69, 9.17) is 5.11 Å². The standard InChI is InChI=1S/C9H7N3O2/c13-9(14)8-2-1-7(12-8)6-3-4-10-11-5-6/h1-5,12H,(H,13,14). The lowest BCUT2D eigenvalue weighted by atomic mass is 10.2. The van der Waals surface area contributed by atoms with Gasteiger partial charge in [-0.2, -0.15) is 10.2 Å². The smallest absolute Gasteiger partial charge is 0.352 e. The molecule has 0 spiro atoms. The molecule has 0 aliphatic rings. The summed E-state index contributed by atoms with van der Waals surface area (Å²) in [5.41, 5.74) is 1.70. The van der Waals surface area contributed by atoms with Crippen molar-refractivity contribution in [1.29, 1.82) is 0 Å². The fourth-order valence-corrected chi connectivity index (χ4v) is 1.14. The molecule has 0 aromatic carbocycles. The lowest BCUT2D eigenvalue weighted by molar-refractivity contribution is 0.0691. The van der Waals surface area contributed by atoms with E-state index in [2.05, 4.69) is 15.2 Å². The molecule has 14 heavy (non-hydrogen) atoms. The summed E-state index contributed by atoms with van der Waals surface area (Å²) in [7, 11) is 0. The van der Waals surface area contributed by atoms with Gasteiger partial charge in [-0.1, -0.05) is 0 Å². The molecule has 0 saturated carbocycles. The van der Waals surface area contributed by atoms with Crippen LogP contribution in [-0.2, 0) is 0 Å². The van der Waals surface area contributed by atoms with Crippen LogP contribution in [0.3, 0.4) is 0 Å². The predicted octanol–water partition coefficient (Wildman–Crippen LogP) is 1.17. The number of rotatable bonds is 2. The lowest BCUT2D eigenvalue weighted by Gasteiger charge is -1.94. The van der Waals surface area contributed by atoms with Gasteiger partial charge < -0.3 is 10.1 Å². The molecule has 2 rings (SSSR count). The Hall–Kier alpha value is -2.17. The first-order valence-corrected chi connectivity index (χ1v) is 3.97. The highest BCUT2D eigenvalue weighted by Gasteiger charge is 2.06. The summed E-state index contributed by atoms with van der Waals surface area (Å²) in [6.07, 6.45) is 3.12. The normalized spacial score (nSPS) is 10.0. The molecule has 70 valence electrons. The summed E-state index contributed by atoms with van der Waals surface area (Å²) < 4.78 is 0. The molecule has 0 saturated heterocycles. The Bertz CT molecular complexity index is 450. The molecule has 2 aromatic rings. The van der Waals surface area contributed by atoms with E-state index in [1.54, 1.807) is 24.5 Å². The molecular formula is C9H7N3O2. The van der Waals surface area contributed by atoms with E-state index in [9.17, 15) is 4.79 Å². The molecule has 0 amide bonds. The van der Waals surface area contributed by atoms with Crippen molar-refractivity contribution < 1.29 is 9.90 Å². The van der Waals surface area contributed by atoms with Gasteiger partial charge in [0.25, 0.3) is 0 Å². The molecule has 5 nitrogen and oxygen atoms in total. The number of hydrogen-bond acceptors (Lipinski definition) is 3. The van der Waals surface area contributed by atoms with Crippen molar-refractivity contribution in [2.45, 2.75) is 0 Å². The van der Waals surface area contributed by atoms with Gasteiger partial charge in [-0.15, -0.1) is 0 Å². The molecule has 5 heteroatoms. The molecule has 0 bridgehead atoms. The Balaban J connectivity index is 2.39.